The largest absolute Gasteiger partial charge is 0.496 e. The van der Waals surface area contributed by atoms with E-state index in [2.05, 4.69) is 10.3 Å². The molecule has 12 heteroatoms. The highest BCUT2D eigenvalue weighted by molar-refractivity contribution is 7.84. The fraction of sp³-hybridized carbons (Fsp3) is 0.441. The van der Waals surface area contributed by atoms with Gasteiger partial charge in [0.1, 0.15) is 22.8 Å². The van der Waals surface area contributed by atoms with Gasteiger partial charge in [-0.2, -0.15) is 12.7 Å². The van der Waals surface area contributed by atoms with E-state index in [1.807, 2.05) is 54.9 Å². The third-order valence-corrected chi connectivity index (χ3v) is 10.4. The molecule has 9 bridgehead atoms. The van der Waals surface area contributed by atoms with E-state index in [1.54, 1.807) is 26.2 Å². The molecule has 0 radical (unpaired) electrons. The Morgan fingerprint density at radius 1 is 1.04 bits per heavy atom. The molecule has 46 heavy (non-hydrogen) atoms. The van der Waals surface area contributed by atoms with E-state index in [0.717, 1.165) is 60.0 Å². The SMILES string of the molecule is CCOC(=O)CC1c2ccc(OC)c(c2)[C@@H](C)N2Cc3cc(ccc3OS2(=O)=O)OCCCCCCn2nnc3c(C)c1ccc32. The predicted molar refractivity (Wildman–Crippen MR) is 172 cm³/mol. The number of benzene rings is 3. The number of fused-ring (bicyclic) bond motifs is 7. The number of aryl methyl sites for hydroxylation is 2. The molecule has 4 aromatic rings. The van der Waals surface area contributed by atoms with Crippen LogP contribution >= 0.6 is 0 Å². The molecular formula is C34H40N4O7S. The molecular weight excluding hydrogens is 608 g/mol. The van der Waals surface area contributed by atoms with Gasteiger partial charge in [0.25, 0.3) is 0 Å². The number of esters is 1. The predicted octanol–water partition coefficient (Wildman–Crippen LogP) is 5.99. The minimum absolute atomic E-state index is 0.0930. The minimum atomic E-state index is -4.14. The van der Waals surface area contributed by atoms with Gasteiger partial charge in [-0.25, -0.2) is 4.68 Å². The number of aromatic nitrogens is 3. The van der Waals surface area contributed by atoms with Crippen molar-refractivity contribution < 1.29 is 31.6 Å². The van der Waals surface area contributed by atoms with Crippen LogP contribution in [-0.2, 0) is 32.9 Å². The number of nitrogens with zero attached hydrogens (tertiary/aromatic N) is 4. The first-order chi connectivity index (χ1) is 22.2. The van der Waals surface area contributed by atoms with E-state index < -0.39 is 22.3 Å². The summed E-state index contributed by atoms with van der Waals surface area (Å²) in [6.07, 6.45) is 3.96. The lowest BCUT2D eigenvalue weighted by molar-refractivity contribution is -0.143. The first kappa shape index (κ1) is 31.8. The maximum Gasteiger partial charge on any atom is 0.386 e. The molecule has 4 heterocycles. The van der Waals surface area contributed by atoms with Crippen LogP contribution in [0.3, 0.4) is 0 Å². The van der Waals surface area contributed by atoms with Crippen LogP contribution in [0.5, 0.6) is 17.2 Å². The Labute approximate surface area is 269 Å². The molecule has 0 N–H and O–H groups in total. The van der Waals surface area contributed by atoms with Gasteiger partial charge < -0.3 is 18.4 Å². The number of methoxy groups -OCH3 is 1. The summed E-state index contributed by atoms with van der Waals surface area (Å²) in [6.45, 7) is 7.28. The van der Waals surface area contributed by atoms with Crippen molar-refractivity contribution in [1.82, 2.24) is 19.3 Å². The van der Waals surface area contributed by atoms with Crippen LogP contribution < -0.4 is 13.7 Å². The zero-order valence-corrected chi connectivity index (χ0v) is 27.5. The molecule has 0 fully saturated rings. The number of ether oxygens (including phenoxy) is 3. The molecule has 3 aliphatic heterocycles. The fourth-order valence-corrected chi connectivity index (χ4v) is 7.75. The van der Waals surface area contributed by atoms with Crippen LogP contribution in [0.15, 0.2) is 48.5 Å². The molecule has 0 amide bonds. The summed E-state index contributed by atoms with van der Waals surface area (Å²) in [4.78, 5) is 13.0. The number of hydrogen-bond donors (Lipinski definition) is 0. The summed E-state index contributed by atoms with van der Waals surface area (Å²) in [5.74, 6) is 0.762. The van der Waals surface area contributed by atoms with Gasteiger partial charge >= 0.3 is 16.3 Å². The van der Waals surface area contributed by atoms with Crippen molar-refractivity contribution in [2.75, 3.05) is 20.3 Å². The standard InChI is InChI=1S/C34H40N4O7S/c1-5-43-33(39)20-29-24-10-14-32(42-4)28(19-24)23(3)38-21-25-18-26(11-15-31(25)45-46(38,40)41)44-17-9-7-6-8-16-37-30-13-12-27(29)22(2)34(30)35-36-37/h10-15,18-19,23,29H,5-9,16-17,20-21H2,1-4H3/t23-,29?/m1/s1. The maximum atomic E-state index is 13.5. The van der Waals surface area contributed by atoms with Crippen molar-refractivity contribution in [2.45, 2.75) is 77.9 Å². The smallest absolute Gasteiger partial charge is 0.386 e. The van der Waals surface area contributed by atoms with E-state index in [9.17, 15) is 13.2 Å². The second-order valence-corrected chi connectivity index (χ2v) is 13.3. The molecule has 7 rings (SSSR count). The molecule has 0 saturated heterocycles. The summed E-state index contributed by atoms with van der Waals surface area (Å²) < 4.78 is 53.0. The van der Waals surface area contributed by atoms with Crippen LogP contribution in [0.1, 0.15) is 85.7 Å². The van der Waals surface area contributed by atoms with Crippen LogP contribution in [-0.4, -0.2) is 54.0 Å². The molecule has 1 aromatic heterocycles. The molecule has 3 aromatic carbocycles. The Bertz CT molecular complexity index is 1860. The Kier molecular flexibility index (Phi) is 9.19. The lowest BCUT2D eigenvalue weighted by atomic mass is 9.84. The Morgan fingerprint density at radius 3 is 2.67 bits per heavy atom. The lowest BCUT2D eigenvalue weighted by Gasteiger charge is -2.33. The first-order valence-corrected chi connectivity index (χ1v) is 17.2. The molecule has 244 valence electrons. The van der Waals surface area contributed by atoms with Gasteiger partial charge in [-0.15, -0.1) is 5.10 Å². The quantitative estimate of drug-likeness (QED) is 0.246. The van der Waals surface area contributed by atoms with Gasteiger partial charge in [0, 0.05) is 30.1 Å². The second kappa shape index (κ2) is 13.3. The molecule has 0 aliphatic carbocycles. The summed E-state index contributed by atoms with van der Waals surface area (Å²) in [5.41, 5.74) is 5.77. The van der Waals surface area contributed by atoms with Gasteiger partial charge in [-0.1, -0.05) is 23.8 Å². The normalized spacial score (nSPS) is 21.2. The third kappa shape index (κ3) is 6.28. The zero-order valence-electron chi connectivity index (χ0n) is 26.7. The average molecular weight is 649 g/mol. The van der Waals surface area contributed by atoms with Gasteiger partial charge in [0.15, 0.2) is 0 Å². The number of carbonyl (C=O) groups excluding carboxylic acids is 1. The Balaban J connectivity index is 1.48. The monoisotopic (exact) mass is 648 g/mol. The van der Waals surface area contributed by atoms with Crippen LogP contribution in [0.2, 0.25) is 0 Å². The van der Waals surface area contributed by atoms with Crippen molar-refractivity contribution in [2.24, 2.45) is 0 Å². The summed E-state index contributed by atoms with van der Waals surface area (Å²) in [5, 5.41) is 9.01. The molecule has 0 spiro atoms. The van der Waals surface area contributed by atoms with Crippen molar-refractivity contribution >= 4 is 27.3 Å². The first-order valence-electron chi connectivity index (χ1n) is 15.8. The molecule has 2 unspecified atom stereocenters. The van der Waals surface area contributed by atoms with Gasteiger partial charge in [0.05, 0.1) is 38.3 Å². The summed E-state index contributed by atoms with van der Waals surface area (Å²) in [7, 11) is -2.58. The van der Waals surface area contributed by atoms with Crippen LogP contribution in [0, 0.1) is 6.92 Å². The Morgan fingerprint density at radius 2 is 1.87 bits per heavy atom. The molecule has 11 nitrogen and oxygen atoms in total. The van der Waals surface area contributed by atoms with E-state index in [-0.39, 0.29) is 25.5 Å². The van der Waals surface area contributed by atoms with Crippen LogP contribution in [0.25, 0.3) is 11.0 Å². The van der Waals surface area contributed by atoms with Gasteiger partial charge in [-0.05, 0) is 93.1 Å². The molecule has 3 atom stereocenters. The van der Waals surface area contributed by atoms with Gasteiger partial charge in [0.2, 0.25) is 0 Å². The van der Waals surface area contributed by atoms with Crippen molar-refractivity contribution in [3.63, 3.8) is 0 Å². The van der Waals surface area contributed by atoms with Crippen molar-refractivity contribution in [3.8, 4) is 17.2 Å². The van der Waals surface area contributed by atoms with Crippen molar-refractivity contribution in [3.05, 3.63) is 76.3 Å². The number of rotatable bonds is 4. The van der Waals surface area contributed by atoms with E-state index in [4.69, 9.17) is 18.4 Å². The third-order valence-electron chi connectivity index (χ3n) is 8.95. The fourth-order valence-electron chi connectivity index (χ4n) is 6.47. The van der Waals surface area contributed by atoms with E-state index >= 15 is 0 Å². The topological polar surface area (TPSA) is 122 Å². The summed E-state index contributed by atoms with van der Waals surface area (Å²) >= 11 is 0. The second-order valence-electron chi connectivity index (χ2n) is 11.8. The van der Waals surface area contributed by atoms with Gasteiger partial charge in [-0.3, -0.25) is 4.79 Å². The highest BCUT2D eigenvalue weighted by Gasteiger charge is 2.37. The molecule has 3 aliphatic rings. The highest BCUT2D eigenvalue weighted by Crippen LogP contribution is 2.41. The Hall–Kier alpha value is -4.16. The maximum absolute atomic E-state index is 13.5. The minimum Gasteiger partial charge on any atom is -0.496 e. The van der Waals surface area contributed by atoms with E-state index in [0.29, 0.717) is 35.0 Å². The number of hydrogen-bond acceptors (Lipinski definition) is 9. The van der Waals surface area contributed by atoms with Crippen molar-refractivity contribution in [1.29, 1.82) is 0 Å². The highest BCUT2D eigenvalue weighted by atomic mass is 32.2. The molecule has 0 saturated carbocycles. The zero-order chi connectivity index (χ0) is 32.4. The van der Waals surface area contributed by atoms with Crippen LogP contribution in [0.4, 0.5) is 0 Å². The van der Waals surface area contributed by atoms with E-state index in [1.165, 1.54) is 4.31 Å². The number of carbonyl (C=O) groups is 1. The average Bonchev–Trinajstić information content (AvgIpc) is 3.46. The lowest BCUT2D eigenvalue weighted by Crippen LogP contribution is -2.39. The summed E-state index contributed by atoms with van der Waals surface area (Å²) in [6, 6.07) is 14.3.